The van der Waals surface area contributed by atoms with Gasteiger partial charge in [0, 0.05) is 56.4 Å². The van der Waals surface area contributed by atoms with E-state index in [1.54, 1.807) is 32.4 Å². The maximum atomic E-state index is 14.1. The minimum Gasteiger partial charge on any atom is -0.550 e. The second kappa shape index (κ2) is 23.4. The molecular formula is C39H53FN5NaO6S. The van der Waals surface area contributed by atoms with Crippen LogP contribution in [0.2, 0.25) is 0 Å². The van der Waals surface area contributed by atoms with Crippen molar-refractivity contribution < 1.29 is 61.9 Å². The molecule has 53 heavy (non-hydrogen) atoms. The van der Waals surface area contributed by atoms with Crippen molar-refractivity contribution in [2.75, 3.05) is 31.7 Å². The molecule has 2 heterocycles. The van der Waals surface area contributed by atoms with Gasteiger partial charge in [-0.1, -0.05) is 63.2 Å². The number of aryl methyl sites for hydroxylation is 1. The number of hydrogen-bond donors (Lipinski definition) is 1. The van der Waals surface area contributed by atoms with E-state index in [1.807, 2.05) is 0 Å². The van der Waals surface area contributed by atoms with E-state index < -0.39 is 33.6 Å². The van der Waals surface area contributed by atoms with Crippen molar-refractivity contribution in [3.63, 3.8) is 0 Å². The largest absolute Gasteiger partial charge is 1.00 e. The van der Waals surface area contributed by atoms with Crippen LogP contribution in [0.25, 0.3) is 10.9 Å². The molecule has 0 bridgehead atoms. The fourth-order valence-corrected chi connectivity index (χ4v) is 6.42. The molecule has 0 saturated carbocycles. The summed E-state index contributed by atoms with van der Waals surface area (Å²) >= 11 is 0. The van der Waals surface area contributed by atoms with E-state index in [0.29, 0.717) is 34.9 Å². The molecule has 0 spiro atoms. The number of aromatic nitrogens is 2. The van der Waals surface area contributed by atoms with Gasteiger partial charge in [0.05, 0.1) is 11.8 Å². The first kappa shape index (κ1) is 45.8. The molecule has 1 N–H and O–H groups in total. The Morgan fingerprint density at radius 2 is 1.49 bits per heavy atom. The number of unbranched alkanes of at least 4 members (excludes halogenated alkanes) is 11. The van der Waals surface area contributed by atoms with E-state index in [2.05, 4.69) is 27.4 Å². The summed E-state index contributed by atoms with van der Waals surface area (Å²) in [6.07, 6.45) is 20.9. The second-order valence-corrected chi connectivity index (χ2v) is 15.4. The zero-order chi connectivity index (χ0) is 38.1. The third-order valence-electron chi connectivity index (χ3n) is 8.96. The quantitative estimate of drug-likeness (QED) is 0.0880. The third kappa shape index (κ3) is 15.1. The van der Waals surface area contributed by atoms with Crippen LogP contribution in [0.15, 0.2) is 48.7 Å². The summed E-state index contributed by atoms with van der Waals surface area (Å²) in [5.74, 6) is -2.41. The number of sulfonamides is 1. The number of halogens is 1. The number of aliphatic carboxylic acids is 1. The average Bonchev–Trinajstić information content (AvgIpc) is 3.10. The van der Waals surface area contributed by atoms with E-state index >= 15 is 0 Å². The molecule has 0 atom stereocenters. The van der Waals surface area contributed by atoms with Gasteiger partial charge < -0.3 is 20.1 Å². The number of nitrogens with zero attached hydrogens (tertiary/aromatic N) is 4. The van der Waals surface area contributed by atoms with Gasteiger partial charge in [0.2, 0.25) is 10.0 Å². The van der Waals surface area contributed by atoms with Gasteiger partial charge in [0.25, 0.3) is 11.8 Å². The Morgan fingerprint density at radius 1 is 0.887 bits per heavy atom. The second-order valence-electron chi connectivity index (χ2n) is 13.4. The van der Waals surface area contributed by atoms with Crippen LogP contribution < -0.4 is 44.3 Å². The molecule has 0 aliphatic heterocycles. The van der Waals surface area contributed by atoms with Crippen molar-refractivity contribution in [1.29, 1.82) is 0 Å². The molecule has 2 amide bonds. The van der Waals surface area contributed by atoms with Gasteiger partial charge in [-0.25, -0.2) is 17.8 Å². The minimum absolute atomic E-state index is 0. The number of carbonyl (C=O) groups excluding carboxylic acids is 3. The Labute approximate surface area is 336 Å². The van der Waals surface area contributed by atoms with Crippen molar-refractivity contribution in [2.45, 2.75) is 103 Å². The first-order chi connectivity index (χ1) is 24.8. The molecule has 0 radical (unpaired) electrons. The summed E-state index contributed by atoms with van der Waals surface area (Å²) < 4.78 is 40.2. The number of benzene rings is 1. The standard InChI is InChI=1S/C39H54FN5O6S.Na/c1-44(2)39(49)33-27-30(40)25-24-29(33)28-42-38(48)36-31(35-32(22-20-26-41-35)37(43-36)45(3)52(4,50)51)21-18-16-14-12-10-8-6-5-7-9-11-13-15-17-19-23-34(46)47;/h5,7,20,22,24-27H,6,8-19,21,23,28H2,1-4H3,(H,42,48)(H,46,47);/q;+1/p-1/b7-5-;. The molecule has 284 valence electrons. The van der Waals surface area contributed by atoms with Crippen molar-refractivity contribution in [3.05, 3.63) is 76.9 Å². The number of carboxylic acid groups (broad SMARTS) is 1. The smallest absolute Gasteiger partial charge is 0.550 e. The molecule has 3 aromatic rings. The van der Waals surface area contributed by atoms with E-state index in [-0.39, 0.29) is 59.6 Å². The minimum atomic E-state index is -3.72. The monoisotopic (exact) mass is 761 g/mol. The molecule has 0 fully saturated rings. The SMILES string of the molecule is CN(C)C(=O)c1cc(F)ccc1CNC(=O)c1nc(N(C)S(C)(=O)=O)c2cccnc2c1CCCCCCCC/C=C\CCCCCCCC(=O)[O-].[Na+]. The van der Waals surface area contributed by atoms with Gasteiger partial charge in [-0.2, -0.15) is 0 Å². The van der Waals surface area contributed by atoms with Gasteiger partial charge >= 0.3 is 29.6 Å². The molecule has 0 saturated heterocycles. The summed E-state index contributed by atoms with van der Waals surface area (Å²) in [4.78, 5) is 47.5. The molecule has 3 rings (SSSR count). The number of anilines is 1. The number of allylic oxidation sites excluding steroid dienone is 2. The first-order valence-corrected chi connectivity index (χ1v) is 20.0. The summed E-state index contributed by atoms with van der Waals surface area (Å²) in [5, 5.41) is 13.8. The summed E-state index contributed by atoms with van der Waals surface area (Å²) in [6, 6.07) is 7.27. The van der Waals surface area contributed by atoms with Crippen molar-refractivity contribution in [3.8, 4) is 0 Å². The van der Waals surface area contributed by atoms with Crippen molar-refractivity contribution in [1.82, 2.24) is 20.2 Å². The molecule has 2 aromatic heterocycles. The number of hydrogen-bond acceptors (Lipinski definition) is 8. The number of rotatable bonds is 23. The van der Waals surface area contributed by atoms with Crippen LogP contribution in [0.5, 0.6) is 0 Å². The predicted molar refractivity (Wildman–Crippen MR) is 201 cm³/mol. The number of fused-ring (bicyclic) bond motifs is 1. The van der Waals surface area contributed by atoms with Gasteiger partial charge in [0.1, 0.15) is 11.5 Å². The summed E-state index contributed by atoms with van der Waals surface area (Å²) in [7, 11) is 0.786. The van der Waals surface area contributed by atoms with E-state index in [1.165, 1.54) is 24.1 Å². The Kier molecular flexibility index (Phi) is 20.2. The first-order valence-electron chi connectivity index (χ1n) is 18.2. The molecule has 1 aromatic carbocycles. The van der Waals surface area contributed by atoms with Crippen LogP contribution in [0, 0.1) is 5.82 Å². The molecule has 11 nitrogen and oxygen atoms in total. The van der Waals surface area contributed by atoms with E-state index in [0.717, 1.165) is 93.7 Å². The van der Waals surface area contributed by atoms with Gasteiger partial charge in [-0.3, -0.25) is 18.9 Å². The van der Waals surface area contributed by atoms with Crippen LogP contribution in [0.4, 0.5) is 10.2 Å². The average molecular weight is 762 g/mol. The molecule has 0 unspecified atom stereocenters. The number of nitrogens with one attached hydrogen (secondary N) is 1. The van der Waals surface area contributed by atoms with E-state index in [4.69, 9.17) is 0 Å². The van der Waals surface area contributed by atoms with Crippen LogP contribution in [0.1, 0.15) is 122 Å². The number of carboxylic acids is 1. The Bertz CT molecular complexity index is 1800. The summed E-state index contributed by atoms with van der Waals surface area (Å²) in [6.45, 7) is -0.0731. The van der Waals surface area contributed by atoms with Crippen LogP contribution in [0.3, 0.4) is 0 Å². The zero-order valence-electron chi connectivity index (χ0n) is 32.0. The normalized spacial score (nSPS) is 11.4. The van der Waals surface area contributed by atoms with Gasteiger partial charge in [-0.15, -0.1) is 0 Å². The van der Waals surface area contributed by atoms with Gasteiger partial charge in [-0.05, 0) is 81.2 Å². The number of pyridine rings is 2. The fraction of sp³-hybridized carbons (Fsp3) is 0.513. The van der Waals surface area contributed by atoms with Crippen molar-refractivity contribution in [2.24, 2.45) is 0 Å². The number of carbonyl (C=O) groups is 3. The third-order valence-corrected chi connectivity index (χ3v) is 10.1. The van der Waals surface area contributed by atoms with Crippen LogP contribution in [-0.2, 0) is 27.8 Å². The Morgan fingerprint density at radius 3 is 2.09 bits per heavy atom. The molecular weight excluding hydrogens is 709 g/mol. The van der Waals surface area contributed by atoms with Gasteiger partial charge in [0.15, 0.2) is 5.82 Å². The molecule has 14 heteroatoms. The predicted octanol–water partition coefficient (Wildman–Crippen LogP) is 3.11. The van der Waals surface area contributed by atoms with Crippen LogP contribution in [-0.4, -0.2) is 68.5 Å². The maximum Gasteiger partial charge on any atom is 1.00 e. The summed E-state index contributed by atoms with van der Waals surface area (Å²) in [5.41, 5.74) is 1.73. The van der Waals surface area contributed by atoms with Crippen LogP contribution >= 0.6 is 0 Å². The number of amides is 2. The van der Waals surface area contributed by atoms with Crippen molar-refractivity contribution >= 4 is 44.5 Å². The maximum absolute atomic E-state index is 14.1. The van der Waals surface area contributed by atoms with E-state index in [9.17, 15) is 32.3 Å². The molecule has 0 aliphatic carbocycles. The topological polar surface area (TPSA) is 153 Å². The Hall–Kier alpha value is -3.39. The fourth-order valence-electron chi connectivity index (χ4n) is 5.96. The zero-order valence-corrected chi connectivity index (χ0v) is 34.8. The Balaban J connectivity index is 0.00000972. The molecule has 0 aliphatic rings.